The fraction of sp³-hybridized carbons (Fsp3) is 0.914. The normalized spacial score (nSPS) is 18.3. The molecule has 1 heterocycles. The van der Waals surface area contributed by atoms with Crippen molar-refractivity contribution in [1.29, 1.82) is 0 Å². The van der Waals surface area contributed by atoms with Crippen molar-refractivity contribution < 1.29 is 49.3 Å². The molecule has 0 radical (unpaired) electrons. The van der Waals surface area contributed by atoms with Gasteiger partial charge in [-0.15, -0.1) is 0 Å². The molecule has 0 aromatic rings. The van der Waals surface area contributed by atoms with Crippen LogP contribution >= 0.6 is 0 Å². The molecule has 1 fully saturated rings. The highest BCUT2D eigenvalue weighted by Crippen LogP contribution is 2.23. The zero-order valence-corrected chi connectivity index (χ0v) is 53.0. The molecule has 11 nitrogen and oxygen atoms in total. The monoisotopic (exact) mass is 1150 g/mol. The van der Waals surface area contributed by atoms with E-state index in [0.29, 0.717) is 19.4 Å². The summed E-state index contributed by atoms with van der Waals surface area (Å²) in [5, 5.41) is 54.3. The average molecular weight is 1150 g/mol. The highest BCUT2D eigenvalue weighted by atomic mass is 16.7. The molecule has 0 aromatic heterocycles. The minimum atomic E-state index is -1.57. The zero-order chi connectivity index (χ0) is 58.7. The number of unbranched alkanes of at least 4 members (excludes halogenated alkanes) is 46. The summed E-state index contributed by atoms with van der Waals surface area (Å²) in [5.74, 6) is -0.177. The summed E-state index contributed by atoms with van der Waals surface area (Å²) < 4.78 is 16.7. The van der Waals surface area contributed by atoms with E-state index < -0.39 is 49.5 Å². The number of allylic oxidation sites excluding steroid dienone is 3. The van der Waals surface area contributed by atoms with Gasteiger partial charge >= 0.3 is 5.97 Å². The van der Waals surface area contributed by atoms with Gasteiger partial charge in [-0.05, 0) is 57.8 Å². The molecular formula is C70H133NO10. The minimum absolute atomic E-state index is 0.00820. The molecule has 0 saturated carbocycles. The zero-order valence-electron chi connectivity index (χ0n) is 53.0. The molecule has 1 aliphatic heterocycles. The van der Waals surface area contributed by atoms with Gasteiger partial charge in [0.2, 0.25) is 5.91 Å². The van der Waals surface area contributed by atoms with Crippen LogP contribution in [0, 0.1) is 0 Å². The highest BCUT2D eigenvalue weighted by Gasteiger charge is 2.44. The van der Waals surface area contributed by atoms with Gasteiger partial charge in [0.1, 0.15) is 24.4 Å². The smallest absolute Gasteiger partial charge is 0.305 e. The number of ether oxygens (including phenoxy) is 3. The standard InChI is InChI=1S/C70H133NO10/c1-3-5-7-9-11-13-14-15-16-17-25-29-32-35-38-42-46-50-54-58-66(75)79-59-55-51-47-43-39-36-33-30-27-24-22-20-18-19-21-23-26-28-31-34-37-41-45-49-53-57-65(74)71-62(63(73)56-52-48-44-40-12-10-8-6-4-2)61-80-70-69(78)68(77)67(76)64(60-72)81-70/h19,21,52,56,62-64,67-70,72-73,76-78H,3-18,20,22-51,53-55,57-61H2,1-2H3,(H,71,74)/b21-19-,56-52+. The van der Waals surface area contributed by atoms with Crippen molar-refractivity contribution in [3.8, 4) is 0 Å². The molecule has 6 N–H and O–H groups in total. The molecular weight excluding hydrogens is 1010 g/mol. The van der Waals surface area contributed by atoms with Crippen molar-refractivity contribution in [3.63, 3.8) is 0 Å². The third kappa shape index (κ3) is 49.0. The van der Waals surface area contributed by atoms with Crippen LogP contribution in [0.5, 0.6) is 0 Å². The SMILES string of the molecule is CCCCCCCCC/C=C/C(O)C(COC1OC(CO)C(O)C(O)C1O)NC(=O)CCCCCCCCCCC/C=C\CCCCCCCCCCCCCCOC(=O)CCCCCCCCCCCCCCCCCCCCC. The number of esters is 1. The van der Waals surface area contributed by atoms with Crippen LogP contribution in [0.4, 0.5) is 0 Å². The van der Waals surface area contributed by atoms with Crippen LogP contribution in [0.2, 0.25) is 0 Å². The number of hydrogen-bond acceptors (Lipinski definition) is 10. The number of nitrogens with one attached hydrogen (secondary N) is 1. The lowest BCUT2D eigenvalue weighted by atomic mass is 9.99. The van der Waals surface area contributed by atoms with Crippen LogP contribution < -0.4 is 5.32 Å². The Morgan fingerprint density at radius 1 is 0.444 bits per heavy atom. The average Bonchev–Trinajstić information content (AvgIpc) is 3.47. The van der Waals surface area contributed by atoms with Gasteiger partial charge in [0.25, 0.3) is 0 Å². The summed E-state index contributed by atoms with van der Waals surface area (Å²) in [6.45, 7) is 4.35. The topological polar surface area (TPSA) is 175 Å². The van der Waals surface area contributed by atoms with E-state index in [0.717, 1.165) is 57.8 Å². The Balaban J connectivity index is 1.92. The second-order valence-corrected chi connectivity index (χ2v) is 24.6. The quantitative estimate of drug-likeness (QED) is 0.0195. The Kier molecular flexibility index (Phi) is 57.0. The summed E-state index contributed by atoms with van der Waals surface area (Å²) in [7, 11) is 0. The largest absolute Gasteiger partial charge is 0.466 e. The van der Waals surface area contributed by atoms with Crippen molar-refractivity contribution in [2.24, 2.45) is 0 Å². The molecule has 1 rings (SSSR count). The maximum Gasteiger partial charge on any atom is 0.305 e. The van der Waals surface area contributed by atoms with Crippen LogP contribution in [-0.2, 0) is 23.8 Å². The van der Waals surface area contributed by atoms with Crippen molar-refractivity contribution in [3.05, 3.63) is 24.3 Å². The predicted octanol–water partition coefficient (Wildman–Crippen LogP) is 17.6. The molecule has 11 heteroatoms. The molecule has 0 aliphatic carbocycles. The van der Waals surface area contributed by atoms with Gasteiger partial charge < -0.3 is 45.1 Å². The van der Waals surface area contributed by atoms with Crippen LogP contribution in [-0.4, -0.2) is 100 Å². The number of amides is 1. The Morgan fingerprint density at radius 2 is 0.790 bits per heavy atom. The Morgan fingerprint density at radius 3 is 1.19 bits per heavy atom. The molecule has 7 atom stereocenters. The molecule has 0 aromatic carbocycles. The summed E-state index contributed by atoms with van der Waals surface area (Å²) in [6, 6.07) is -0.810. The van der Waals surface area contributed by atoms with E-state index in [1.165, 1.54) is 263 Å². The van der Waals surface area contributed by atoms with Crippen molar-refractivity contribution in [2.75, 3.05) is 19.8 Å². The first-order valence-electron chi connectivity index (χ1n) is 35.1. The van der Waals surface area contributed by atoms with Gasteiger partial charge in [-0.1, -0.05) is 301 Å². The third-order valence-electron chi connectivity index (χ3n) is 16.8. The van der Waals surface area contributed by atoms with Gasteiger partial charge in [0, 0.05) is 12.8 Å². The third-order valence-corrected chi connectivity index (χ3v) is 16.8. The summed E-state index contributed by atoms with van der Waals surface area (Å²) >= 11 is 0. The first-order valence-corrected chi connectivity index (χ1v) is 35.1. The fourth-order valence-electron chi connectivity index (χ4n) is 11.3. The van der Waals surface area contributed by atoms with Crippen LogP contribution in [0.3, 0.4) is 0 Å². The van der Waals surface area contributed by atoms with Crippen LogP contribution in [0.1, 0.15) is 348 Å². The van der Waals surface area contributed by atoms with E-state index >= 15 is 0 Å². The fourth-order valence-corrected chi connectivity index (χ4v) is 11.3. The first-order chi connectivity index (χ1) is 39.7. The number of aliphatic hydroxyl groups excluding tert-OH is 5. The van der Waals surface area contributed by atoms with Gasteiger partial charge in [-0.3, -0.25) is 9.59 Å². The number of hydrogen-bond donors (Lipinski definition) is 6. The lowest BCUT2D eigenvalue weighted by molar-refractivity contribution is -0.302. The number of carbonyl (C=O) groups excluding carboxylic acids is 2. The molecule has 0 bridgehead atoms. The summed E-state index contributed by atoms with van der Waals surface area (Å²) in [5.41, 5.74) is 0. The molecule has 478 valence electrons. The Bertz CT molecular complexity index is 1390. The molecule has 7 unspecified atom stereocenters. The maximum atomic E-state index is 13.0. The molecule has 1 aliphatic rings. The summed E-state index contributed by atoms with van der Waals surface area (Å²) in [6.07, 6.45) is 64.7. The Hall–Kier alpha value is -1.86. The number of rotatable bonds is 62. The van der Waals surface area contributed by atoms with Crippen molar-refractivity contribution in [2.45, 2.75) is 391 Å². The van der Waals surface area contributed by atoms with Crippen LogP contribution in [0.25, 0.3) is 0 Å². The maximum absolute atomic E-state index is 13.0. The lowest BCUT2D eigenvalue weighted by Gasteiger charge is -2.40. The second-order valence-electron chi connectivity index (χ2n) is 24.6. The Labute approximate surface area is 499 Å². The van der Waals surface area contributed by atoms with Gasteiger partial charge in [-0.25, -0.2) is 0 Å². The molecule has 1 amide bonds. The second kappa shape index (κ2) is 59.9. The minimum Gasteiger partial charge on any atom is -0.466 e. The van der Waals surface area contributed by atoms with E-state index in [9.17, 15) is 35.1 Å². The number of carbonyl (C=O) groups is 2. The first kappa shape index (κ1) is 77.2. The van der Waals surface area contributed by atoms with E-state index in [1.54, 1.807) is 6.08 Å². The number of aliphatic hydroxyl groups is 5. The van der Waals surface area contributed by atoms with E-state index in [1.807, 2.05) is 6.08 Å². The summed E-state index contributed by atoms with van der Waals surface area (Å²) in [4.78, 5) is 25.1. The van der Waals surface area contributed by atoms with E-state index in [4.69, 9.17) is 14.2 Å². The van der Waals surface area contributed by atoms with E-state index in [2.05, 4.69) is 31.3 Å². The lowest BCUT2D eigenvalue weighted by Crippen LogP contribution is -2.60. The van der Waals surface area contributed by atoms with Gasteiger partial charge in [-0.2, -0.15) is 0 Å². The van der Waals surface area contributed by atoms with Gasteiger partial charge in [0.15, 0.2) is 6.29 Å². The van der Waals surface area contributed by atoms with E-state index in [-0.39, 0.29) is 18.5 Å². The molecule has 81 heavy (non-hydrogen) atoms. The predicted molar refractivity (Wildman–Crippen MR) is 338 cm³/mol. The molecule has 0 spiro atoms. The van der Waals surface area contributed by atoms with Crippen LogP contribution in [0.15, 0.2) is 24.3 Å². The van der Waals surface area contributed by atoms with Crippen molar-refractivity contribution >= 4 is 11.9 Å². The van der Waals surface area contributed by atoms with Crippen molar-refractivity contribution in [1.82, 2.24) is 5.32 Å². The highest BCUT2D eigenvalue weighted by molar-refractivity contribution is 5.76. The van der Waals surface area contributed by atoms with Gasteiger partial charge in [0.05, 0.1) is 32.0 Å². The molecule has 1 saturated heterocycles.